The molecular weight excluding hydrogens is 180 g/mol. The van der Waals surface area contributed by atoms with Crippen molar-refractivity contribution in [2.45, 2.75) is 36.3 Å². The van der Waals surface area contributed by atoms with Crippen LogP contribution in [-0.4, -0.2) is 41.7 Å². The zero-order valence-electron chi connectivity index (χ0n) is 8.68. The average molecular weight is 200 g/mol. The molecule has 3 heteroatoms. The predicted molar refractivity (Wildman–Crippen MR) is 59.1 cm³/mol. The van der Waals surface area contributed by atoms with Crippen LogP contribution in [0, 0.1) is 0 Å². The fourth-order valence-corrected chi connectivity index (χ4v) is 3.91. The highest BCUT2D eigenvalue weighted by molar-refractivity contribution is 8.01. The zero-order chi connectivity index (χ0) is 9.31. The van der Waals surface area contributed by atoms with Gasteiger partial charge in [-0.1, -0.05) is 6.92 Å². The van der Waals surface area contributed by atoms with Gasteiger partial charge in [-0.25, -0.2) is 0 Å². The Kier molecular flexibility index (Phi) is 2.86. The molecule has 0 bridgehead atoms. The summed E-state index contributed by atoms with van der Waals surface area (Å²) < 4.78 is 0. The number of thioether (sulfide) groups is 1. The van der Waals surface area contributed by atoms with Crippen molar-refractivity contribution in [3.05, 3.63) is 0 Å². The molecule has 2 saturated heterocycles. The molecule has 2 aliphatic heterocycles. The summed E-state index contributed by atoms with van der Waals surface area (Å²) in [5.74, 6) is 0. The predicted octanol–water partition coefficient (Wildman–Crippen LogP) is 1.52. The van der Waals surface area contributed by atoms with E-state index in [-0.39, 0.29) is 0 Å². The molecule has 0 aromatic rings. The normalized spacial score (nSPS) is 42.5. The van der Waals surface area contributed by atoms with Crippen LogP contribution in [0.4, 0.5) is 0 Å². The first-order valence-electron chi connectivity index (χ1n) is 5.32. The monoisotopic (exact) mass is 200 g/mol. The van der Waals surface area contributed by atoms with Crippen molar-refractivity contribution in [1.29, 1.82) is 0 Å². The minimum absolute atomic E-state index is 0.435. The lowest BCUT2D eigenvalue weighted by Gasteiger charge is -2.27. The topological polar surface area (TPSA) is 15.3 Å². The second kappa shape index (κ2) is 3.79. The summed E-state index contributed by atoms with van der Waals surface area (Å²) in [7, 11) is 2.24. The Hall–Kier alpha value is 0.270. The van der Waals surface area contributed by atoms with E-state index in [2.05, 4.69) is 35.9 Å². The molecule has 76 valence electrons. The number of hydrogen-bond donors (Lipinski definition) is 1. The third kappa shape index (κ3) is 2.20. The van der Waals surface area contributed by atoms with Crippen molar-refractivity contribution in [3.8, 4) is 0 Å². The number of nitrogens with one attached hydrogen (secondary N) is 1. The molecule has 2 unspecified atom stereocenters. The maximum Gasteiger partial charge on any atom is 0.0661 e. The van der Waals surface area contributed by atoms with Crippen LogP contribution in [0.5, 0.6) is 0 Å². The molecule has 2 nitrogen and oxygen atoms in total. The molecule has 0 aliphatic carbocycles. The smallest absolute Gasteiger partial charge is 0.0661 e. The number of rotatable bonds is 0. The minimum Gasteiger partial charge on any atom is -0.306 e. The van der Waals surface area contributed by atoms with Crippen molar-refractivity contribution in [1.82, 2.24) is 10.2 Å². The summed E-state index contributed by atoms with van der Waals surface area (Å²) in [6.07, 6.45) is 4.02. The molecule has 1 N–H and O–H groups in total. The molecule has 2 rings (SSSR count). The third-order valence-electron chi connectivity index (χ3n) is 3.16. The Morgan fingerprint density at radius 1 is 1.38 bits per heavy atom. The fourth-order valence-electron chi connectivity index (χ4n) is 2.34. The Bertz CT molecular complexity index is 184. The molecule has 0 saturated carbocycles. The molecule has 2 aliphatic rings. The summed E-state index contributed by atoms with van der Waals surface area (Å²) in [4.78, 5) is 2.89. The van der Waals surface area contributed by atoms with Crippen molar-refractivity contribution in [3.63, 3.8) is 0 Å². The first kappa shape index (κ1) is 9.81. The average Bonchev–Trinajstić information content (AvgIpc) is 2.35. The van der Waals surface area contributed by atoms with Gasteiger partial charge in [0.25, 0.3) is 0 Å². The van der Waals surface area contributed by atoms with Crippen LogP contribution in [0.1, 0.15) is 26.2 Å². The van der Waals surface area contributed by atoms with Gasteiger partial charge in [-0.2, -0.15) is 0 Å². The minimum atomic E-state index is 0.435. The van der Waals surface area contributed by atoms with Gasteiger partial charge >= 0.3 is 0 Å². The van der Waals surface area contributed by atoms with Gasteiger partial charge < -0.3 is 10.2 Å². The van der Waals surface area contributed by atoms with Crippen molar-refractivity contribution < 1.29 is 0 Å². The lowest BCUT2D eigenvalue weighted by atomic mass is 10.1. The molecule has 0 aromatic heterocycles. The highest BCUT2D eigenvalue weighted by Gasteiger charge is 2.38. The van der Waals surface area contributed by atoms with Gasteiger partial charge in [0.2, 0.25) is 0 Å². The van der Waals surface area contributed by atoms with Crippen molar-refractivity contribution in [2.24, 2.45) is 0 Å². The van der Waals surface area contributed by atoms with E-state index in [1.165, 1.54) is 38.9 Å². The van der Waals surface area contributed by atoms with Crippen LogP contribution >= 0.6 is 11.8 Å². The summed E-state index contributed by atoms with van der Waals surface area (Å²) in [5.41, 5.74) is 0. The molecule has 0 aromatic carbocycles. The highest BCUT2D eigenvalue weighted by atomic mass is 32.2. The molecule has 13 heavy (non-hydrogen) atoms. The molecule has 0 radical (unpaired) electrons. The number of likely N-dealkylation sites (tertiary alicyclic amines) is 1. The van der Waals surface area contributed by atoms with E-state index in [1.54, 1.807) is 0 Å². The Balaban J connectivity index is 1.98. The summed E-state index contributed by atoms with van der Waals surface area (Å²) in [6.45, 7) is 6.07. The van der Waals surface area contributed by atoms with Crippen LogP contribution in [0.15, 0.2) is 0 Å². The fraction of sp³-hybridized carbons (Fsp3) is 1.00. The van der Waals surface area contributed by atoms with E-state index in [4.69, 9.17) is 0 Å². The number of nitrogens with zero attached hydrogens (tertiary/aromatic N) is 1. The van der Waals surface area contributed by atoms with E-state index in [0.29, 0.717) is 4.87 Å². The third-order valence-corrected chi connectivity index (χ3v) is 4.73. The van der Waals surface area contributed by atoms with Crippen LogP contribution in [0.25, 0.3) is 0 Å². The quantitative estimate of drug-likeness (QED) is 0.638. The van der Waals surface area contributed by atoms with Crippen LogP contribution in [0.2, 0.25) is 0 Å². The van der Waals surface area contributed by atoms with E-state index < -0.39 is 0 Å². The van der Waals surface area contributed by atoms with Gasteiger partial charge in [-0.3, -0.25) is 0 Å². The van der Waals surface area contributed by atoms with Gasteiger partial charge in [0, 0.05) is 18.3 Å². The van der Waals surface area contributed by atoms with E-state index in [1.807, 2.05) is 0 Å². The van der Waals surface area contributed by atoms with Crippen molar-refractivity contribution >= 4 is 11.8 Å². The molecule has 1 spiro atoms. The SMILES string of the molecule is CC1CNC2(CCCN(C)CC2)S1. The first-order chi connectivity index (χ1) is 6.20. The van der Waals surface area contributed by atoms with Crippen molar-refractivity contribution in [2.75, 3.05) is 26.7 Å². The molecular formula is C10H20N2S. The van der Waals surface area contributed by atoms with Gasteiger partial charge in [0.15, 0.2) is 0 Å². The van der Waals surface area contributed by atoms with Gasteiger partial charge in [-0.15, -0.1) is 11.8 Å². The van der Waals surface area contributed by atoms with Gasteiger partial charge in [0.1, 0.15) is 0 Å². The highest BCUT2D eigenvalue weighted by Crippen LogP contribution is 2.40. The lowest BCUT2D eigenvalue weighted by Crippen LogP contribution is -2.37. The Morgan fingerprint density at radius 2 is 2.23 bits per heavy atom. The second-order valence-corrected chi connectivity index (χ2v) is 6.28. The first-order valence-corrected chi connectivity index (χ1v) is 6.20. The number of hydrogen-bond acceptors (Lipinski definition) is 3. The van der Waals surface area contributed by atoms with Crippen LogP contribution < -0.4 is 5.32 Å². The summed E-state index contributed by atoms with van der Waals surface area (Å²) >= 11 is 2.17. The molecule has 2 fully saturated rings. The van der Waals surface area contributed by atoms with Gasteiger partial charge in [0.05, 0.1) is 4.87 Å². The zero-order valence-corrected chi connectivity index (χ0v) is 9.49. The van der Waals surface area contributed by atoms with Crippen LogP contribution in [-0.2, 0) is 0 Å². The summed E-state index contributed by atoms with van der Waals surface area (Å²) in [6, 6.07) is 0. The Labute approximate surface area is 85.4 Å². The standard InChI is InChI=1S/C10H20N2S/c1-9-8-11-10(13-9)4-3-6-12(2)7-5-10/h9,11H,3-8H2,1-2H3. The van der Waals surface area contributed by atoms with Crippen LogP contribution in [0.3, 0.4) is 0 Å². The molecule has 0 amide bonds. The molecule has 2 atom stereocenters. The largest absolute Gasteiger partial charge is 0.306 e. The summed E-state index contributed by atoms with van der Waals surface area (Å²) in [5, 5.41) is 4.53. The molecule has 2 heterocycles. The van der Waals surface area contributed by atoms with E-state index >= 15 is 0 Å². The lowest BCUT2D eigenvalue weighted by molar-refractivity contribution is 0.341. The van der Waals surface area contributed by atoms with E-state index in [9.17, 15) is 0 Å². The van der Waals surface area contributed by atoms with E-state index in [0.717, 1.165) is 5.25 Å². The van der Waals surface area contributed by atoms with Gasteiger partial charge in [-0.05, 0) is 32.9 Å². The maximum atomic E-state index is 3.72. The second-order valence-electron chi connectivity index (χ2n) is 4.46. The Morgan fingerprint density at radius 3 is 2.92 bits per heavy atom. The maximum absolute atomic E-state index is 3.72.